The molecular formula is C16H23FN2. The summed E-state index contributed by atoms with van der Waals surface area (Å²) in [6.07, 6.45) is 4.52. The maximum atomic E-state index is 13.2. The maximum absolute atomic E-state index is 13.2. The Balaban J connectivity index is 1.80. The third-order valence-corrected chi connectivity index (χ3v) is 3.40. The molecule has 0 spiro atoms. The highest BCUT2D eigenvalue weighted by atomic mass is 19.1. The summed E-state index contributed by atoms with van der Waals surface area (Å²) in [4.78, 5) is 0. The van der Waals surface area contributed by atoms with Crippen molar-refractivity contribution < 1.29 is 4.39 Å². The molecule has 0 saturated heterocycles. The van der Waals surface area contributed by atoms with E-state index in [0.717, 1.165) is 36.5 Å². The zero-order valence-electron chi connectivity index (χ0n) is 11.8. The van der Waals surface area contributed by atoms with Gasteiger partial charge >= 0.3 is 0 Å². The number of fused-ring (bicyclic) bond motifs is 1. The standard InChI is InChI=1S/C16H23FN2/c1-13(2)4-3-8-18-9-11-19-10-7-14-5-6-15(17)12-16(14)19/h5-7,10,12-13,18H,3-4,8-9,11H2,1-2H3. The number of halogens is 1. The Labute approximate surface area is 114 Å². The molecule has 0 aliphatic heterocycles. The van der Waals surface area contributed by atoms with Gasteiger partial charge in [0.1, 0.15) is 5.82 Å². The molecule has 0 fully saturated rings. The molecule has 1 aromatic carbocycles. The van der Waals surface area contributed by atoms with Crippen LogP contribution < -0.4 is 5.32 Å². The van der Waals surface area contributed by atoms with E-state index in [4.69, 9.17) is 0 Å². The molecule has 0 atom stereocenters. The lowest BCUT2D eigenvalue weighted by atomic mass is 10.1. The van der Waals surface area contributed by atoms with Crippen LogP contribution >= 0.6 is 0 Å². The molecule has 0 bridgehead atoms. The Morgan fingerprint density at radius 1 is 1.21 bits per heavy atom. The Morgan fingerprint density at radius 3 is 2.84 bits per heavy atom. The summed E-state index contributed by atoms with van der Waals surface area (Å²) in [7, 11) is 0. The summed E-state index contributed by atoms with van der Waals surface area (Å²) < 4.78 is 15.3. The van der Waals surface area contributed by atoms with Crippen LogP contribution in [0.5, 0.6) is 0 Å². The number of hydrogen-bond acceptors (Lipinski definition) is 1. The van der Waals surface area contributed by atoms with Gasteiger partial charge < -0.3 is 9.88 Å². The molecular weight excluding hydrogens is 239 g/mol. The highest BCUT2D eigenvalue weighted by Crippen LogP contribution is 2.16. The number of aromatic nitrogens is 1. The third-order valence-electron chi connectivity index (χ3n) is 3.40. The van der Waals surface area contributed by atoms with E-state index < -0.39 is 0 Å². The number of nitrogens with one attached hydrogen (secondary N) is 1. The largest absolute Gasteiger partial charge is 0.346 e. The van der Waals surface area contributed by atoms with Gasteiger partial charge in [0.2, 0.25) is 0 Å². The molecule has 0 saturated carbocycles. The molecule has 0 aliphatic rings. The lowest BCUT2D eigenvalue weighted by Gasteiger charge is -2.08. The average molecular weight is 262 g/mol. The zero-order valence-corrected chi connectivity index (χ0v) is 11.8. The normalized spacial score (nSPS) is 11.6. The number of hydrogen-bond donors (Lipinski definition) is 1. The van der Waals surface area contributed by atoms with Crippen molar-refractivity contribution in [2.24, 2.45) is 5.92 Å². The van der Waals surface area contributed by atoms with Crippen LogP contribution in [0.1, 0.15) is 26.7 Å². The van der Waals surface area contributed by atoms with Crippen molar-refractivity contribution in [2.45, 2.75) is 33.2 Å². The van der Waals surface area contributed by atoms with Crippen molar-refractivity contribution in [2.75, 3.05) is 13.1 Å². The first-order chi connectivity index (χ1) is 9.16. The Kier molecular flexibility index (Phi) is 4.97. The highest BCUT2D eigenvalue weighted by molar-refractivity contribution is 5.80. The first-order valence-electron chi connectivity index (χ1n) is 7.12. The van der Waals surface area contributed by atoms with E-state index in [0.29, 0.717) is 0 Å². The fourth-order valence-corrected chi connectivity index (χ4v) is 2.31. The van der Waals surface area contributed by atoms with Gasteiger partial charge in [-0.1, -0.05) is 13.8 Å². The molecule has 0 amide bonds. The maximum Gasteiger partial charge on any atom is 0.125 e. The molecule has 104 valence electrons. The Bertz CT molecular complexity index is 516. The average Bonchev–Trinajstić information content (AvgIpc) is 2.76. The highest BCUT2D eigenvalue weighted by Gasteiger charge is 2.02. The van der Waals surface area contributed by atoms with Crippen LogP contribution in [-0.4, -0.2) is 17.7 Å². The van der Waals surface area contributed by atoms with Crippen molar-refractivity contribution >= 4 is 10.9 Å². The van der Waals surface area contributed by atoms with Gasteiger partial charge in [-0.15, -0.1) is 0 Å². The molecule has 2 rings (SSSR count). The van der Waals surface area contributed by atoms with Crippen LogP contribution in [-0.2, 0) is 6.54 Å². The van der Waals surface area contributed by atoms with Gasteiger partial charge in [0.05, 0.1) is 5.52 Å². The second-order valence-electron chi connectivity index (χ2n) is 5.50. The fraction of sp³-hybridized carbons (Fsp3) is 0.500. The van der Waals surface area contributed by atoms with Crippen LogP contribution in [0.4, 0.5) is 4.39 Å². The zero-order chi connectivity index (χ0) is 13.7. The predicted octanol–water partition coefficient (Wildman–Crippen LogP) is 3.81. The molecule has 1 N–H and O–H groups in total. The molecule has 19 heavy (non-hydrogen) atoms. The van der Waals surface area contributed by atoms with E-state index >= 15 is 0 Å². The number of rotatable bonds is 7. The van der Waals surface area contributed by atoms with Crippen LogP contribution in [0.15, 0.2) is 30.5 Å². The minimum absolute atomic E-state index is 0.169. The van der Waals surface area contributed by atoms with E-state index in [1.54, 1.807) is 6.07 Å². The van der Waals surface area contributed by atoms with Gasteiger partial charge in [-0.05, 0) is 55.0 Å². The number of nitrogens with zero attached hydrogens (tertiary/aromatic N) is 1. The van der Waals surface area contributed by atoms with Crippen molar-refractivity contribution in [3.8, 4) is 0 Å². The molecule has 0 unspecified atom stereocenters. The van der Waals surface area contributed by atoms with Crippen LogP contribution in [0.3, 0.4) is 0 Å². The lowest BCUT2D eigenvalue weighted by molar-refractivity contribution is 0.517. The Hall–Kier alpha value is -1.35. The minimum atomic E-state index is -0.169. The summed E-state index contributed by atoms with van der Waals surface area (Å²) in [6.45, 7) is 7.37. The fourth-order valence-electron chi connectivity index (χ4n) is 2.31. The second-order valence-corrected chi connectivity index (χ2v) is 5.50. The summed E-state index contributed by atoms with van der Waals surface area (Å²) in [5.74, 6) is 0.607. The van der Waals surface area contributed by atoms with Crippen molar-refractivity contribution in [1.82, 2.24) is 9.88 Å². The molecule has 1 heterocycles. The number of benzene rings is 1. The minimum Gasteiger partial charge on any atom is -0.346 e. The van der Waals surface area contributed by atoms with E-state index in [1.165, 1.54) is 18.9 Å². The molecule has 2 aromatic rings. The van der Waals surface area contributed by atoms with Crippen LogP contribution in [0.25, 0.3) is 10.9 Å². The smallest absolute Gasteiger partial charge is 0.125 e. The summed E-state index contributed by atoms with van der Waals surface area (Å²) in [6, 6.07) is 6.98. The van der Waals surface area contributed by atoms with E-state index in [1.807, 2.05) is 18.3 Å². The summed E-state index contributed by atoms with van der Waals surface area (Å²) in [5.41, 5.74) is 0.976. The lowest BCUT2D eigenvalue weighted by Crippen LogP contribution is -2.21. The summed E-state index contributed by atoms with van der Waals surface area (Å²) in [5, 5.41) is 4.54. The quantitative estimate of drug-likeness (QED) is 0.751. The molecule has 0 aliphatic carbocycles. The van der Waals surface area contributed by atoms with Crippen LogP contribution in [0, 0.1) is 11.7 Å². The van der Waals surface area contributed by atoms with E-state index in [9.17, 15) is 4.39 Å². The monoisotopic (exact) mass is 262 g/mol. The first-order valence-corrected chi connectivity index (χ1v) is 7.12. The van der Waals surface area contributed by atoms with Gasteiger partial charge in [0, 0.05) is 19.3 Å². The Morgan fingerprint density at radius 2 is 2.05 bits per heavy atom. The van der Waals surface area contributed by atoms with Gasteiger partial charge in [-0.2, -0.15) is 0 Å². The molecule has 3 heteroatoms. The summed E-state index contributed by atoms with van der Waals surface area (Å²) >= 11 is 0. The van der Waals surface area contributed by atoms with Crippen molar-refractivity contribution in [1.29, 1.82) is 0 Å². The molecule has 2 nitrogen and oxygen atoms in total. The third kappa shape index (κ3) is 4.06. The van der Waals surface area contributed by atoms with E-state index in [2.05, 4.69) is 23.7 Å². The van der Waals surface area contributed by atoms with Gasteiger partial charge in [-0.25, -0.2) is 4.39 Å². The van der Waals surface area contributed by atoms with Crippen LogP contribution in [0.2, 0.25) is 0 Å². The van der Waals surface area contributed by atoms with E-state index in [-0.39, 0.29) is 5.82 Å². The van der Waals surface area contributed by atoms with Crippen molar-refractivity contribution in [3.63, 3.8) is 0 Å². The molecule has 0 radical (unpaired) electrons. The van der Waals surface area contributed by atoms with Gasteiger partial charge in [0.15, 0.2) is 0 Å². The van der Waals surface area contributed by atoms with Crippen molar-refractivity contribution in [3.05, 3.63) is 36.3 Å². The topological polar surface area (TPSA) is 17.0 Å². The van der Waals surface area contributed by atoms with Gasteiger partial charge in [-0.3, -0.25) is 0 Å². The second kappa shape index (κ2) is 6.71. The van der Waals surface area contributed by atoms with Gasteiger partial charge in [0.25, 0.3) is 0 Å². The first kappa shape index (κ1) is 14.1. The SMILES string of the molecule is CC(C)CCCNCCn1ccc2ccc(F)cc21. The molecule has 1 aromatic heterocycles. The predicted molar refractivity (Wildman–Crippen MR) is 78.8 cm³/mol.